The number of hydrogen-bond acceptors (Lipinski definition) is 3. The monoisotopic (exact) mass is 291 g/mol. The number of benzene rings is 1. The normalized spacial score (nSPS) is 17.3. The van der Waals surface area contributed by atoms with Crippen LogP contribution >= 0.6 is 24.2 Å². The number of carboxylic acids is 1. The summed E-state index contributed by atoms with van der Waals surface area (Å²) in [5.41, 5.74) is 1.90. The second kappa shape index (κ2) is 6.20. The summed E-state index contributed by atoms with van der Waals surface area (Å²) in [6.07, 6.45) is 0.890. The predicted octanol–water partition coefficient (Wildman–Crippen LogP) is 2.27. The zero-order valence-corrected chi connectivity index (χ0v) is 11.9. The number of aryl methyl sites for hydroxylation is 1. The summed E-state index contributed by atoms with van der Waals surface area (Å²) >= 11 is 0.945. The van der Waals surface area contributed by atoms with Gasteiger partial charge in [-0.25, -0.2) is 11.8 Å². The minimum absolute atomic E-state index is 0. The molecule has 1 aromatic carbocycles. The number of thiol groups is 1. The third-order valence-electron chi connectivity index (χ3n) is 2.87. The van der Waals surface area contributed by atoms with Crippen LogP contribution in [0.15, 0.2) is 12.1 Å². The molecule has 1 heterocycles. The summed E-state index contributed by atoms with van der Waals surface area (Å²) in [5.74, 6) is 1.35. The first-order chi connectivity index (χ1) is 8.17. The Labute approximate surface area is 116 Å². The van der Waals surface area contributed by atoms with Crippen LogP contribution in [0.25, 0.3) is 0 Å². The van der Waals surface area contributed by atoms with Gasteiger partial charge in [0.2, 0.25) is 0 Å². The highest BCUT2D eigenvalue weighted by Crippen LogP contribution is 2.42. The summed E-state index contributed by atoms with van der Waals surface area (Å²) in [6, 6.07) is 3.68. The molecule has 1 aliphatic heterocycles. The Hall–Kier alpha value is -1.07. The van der Waals surface area contributed by atoms with Crippen molar-refractivity contribution < 1.29 is 19.4 Å². The van der Waals surface area contributed by atoms with Crippen molar-refractivity contribution in [3.63, 3.8) is 0 Å². The van der Waals surface area contributed by atoms with E-state index in [1.807, 2.05) is 6.07 Å². The minimum atomic E-state index is -0.778. The number of carbonyl (C=O) groups is 1. The molecule has 0 spiro atoms. The number of ether oxygens (including phenoxy) is 2. The van der Waals surface area contributed by atoms with Crippen molar-refractivity contribution in [2.75, 3.05) is 20.0 Å². The van der Waals surface area contributed by atoms with Crippen LogP contribution in [0.5, 0.6) is 11.5 Å². The number of methoxy groups -OCH3 is 2. The Bertz CT molecular complexity index is 450. The molecule has 2 rings (SSSR count). The Morgan fingerprint density at radius 1 is 1.33 bits per heavy atom. The van der Waals surface area contributed by atoms with Crippen LogP contribution in [-0.4, -0.2) is 31.0 Å². The molecule has 1 N–H and O–H groups in total. The molecule has 1 unspecified atom stereocenters. The molecule has 0 aromatic heterocycles. The van der Waals surface area contributed by atoms with Gasteiger partial charge in [-0.15, -0.1) is 12.4 Å². The fourth-order valence-electron chi connectivity index (χ4n) is 2.03. The highest BCUT2D eigenvalue weighted by molar-refractivity contribution is 8.00. The number of halogens is 1. The fourth-order valence-corrected chi connectivity index (χ4v) is 3.25. The first-order valence-electron chi connectivity index (χ1n) is 5.31. The van der Waals surface area contributed by atoms with Gasteiger partial charge in [0.15, 0.2) is 11.5 Å². The quantitative estimate of drug-likeness (QED) is 0.839. The number of carboxylic acid groups (broad SMARTS) is 1. The zero-order valence-electron chi connectivity index (χ0n) is 10.2. The molecule has 0 amide bonds. The second-order valence-electron chi connectivity index (χ2n) is 3.80. The molecule has 0 saturated carbocycles. The predicted molar refractivity (Wildman–Crippen MR) is 74.7 cm³/mol. The van der Waals surface area contributed by atoms with E-state index in [4.69, 9.17) is 9.47 Å². The van der Waals surface area contributed by atoms with Crippen LogP contribution in [0.3, 0.4) is 0 Å². The van der Waals surface area contributed by atoms with Crippen LogP contribution in [0.1, 0.15) is 16.4 Å². The third kappa shape index (κ3) is 2.67. The fraction of sp³-hybridized carbons (Fsp3) is 0.417. The number of fused-ring (bicyclic) bond motifs is 1. The highest BCUT2D eigenvalue weighted by atomic mass is 35.5. The van der Waals surface area contributed by atoms with Crippen molar-refractivity contribution in [1.29, 1.82) is 0 Å². The van der Waals surface area contributed by atoms with Gasteiger partial charge in [0.05, 0.1) is 14.2 Å². The van der Waals surface area contributed by atoms with Crippen LogP contribution in [-0.2, 0) is 11.2 Å². The highest BCUT2D eigenvalue weighted by Gasteiger charge is 2.27. The Morgan fingerprint density at radius 3 is 2.50 bits per heavy atom. The van der Waals surface area contributed by atoms with E-state index in [1.54, 1.807) is 20.3 Å². The first kappa shape index (κ1) is 15.0. The Kier molecular flexibility index (Phi) is 5.16. The number of aliphatic carboxylic acids is 1. The van der Waals surface area contributed by atoms with Crippen LogP contribution in [0, 0.1) is 0 Å². The average molecular weight is 292 g/mol. The van der Waals surface area contributed by atoms with Crippen LogP contribution in [0.2, 0.25) is 0 Å². The lowest BCUT2D eigenvalue weighted by Crippen LogP contribution is -2.16. The molecule has 4 nitrogen and oxygen atoms in total. The lowest BCUT2D eigenvalue weighted by Gasteiger charge is -2.24. The maximum atomic E-state index is 11.2. The number of rotatable bonds is 3. The van der Waals surface area contributed by atoms with E-state index in [0.29, 0.717) is 11.5 Å². The van der Waals surface area contributed by atoms with Gasteiger partial charge in [-0.3, -0.25) is 4.79 Å². The van der Waals surface area contributed by atoms with Crippen LogP contribution in [0.4, 0.5) is 0 Å². The molecule has 101 valence electrons. The van der Waals surface area contributed by atoms with Gasteiger partial charge in [-0.1, -0.05) is 0 Å². The molecule has 1 radical (unpaired) electrons. The molecule has 6 heteroatoms. The zero-order chi connectivity index (χ0) is 12.4. The van der Waals surface area contributed by atoms with Crippen molar-refractivity contribution in [3.05, 3.63) is 23.3 Å². The van der Waals surface area contributed by atoms with Crippen molar-refractivity contribution in [1.82, 2.24) is 0 Å². The minimum Gasteiger partial charge on any atom is -0.493 e. The molecule has 1 aromatic rings. The summed E-state index contributed by atoms with van der Waals surface area (Å²) in [6.45, 7) is 0. The topological polar surface area (TPSA) is 55.8 Å². The summed E-state index contributed by atoms with van der Waals surface area (Å²) in [4.78, 5) is 11.2. The molecule has 0 saturated heterocycles. The summed E-state index contributed by atoms with van der Waals surface area (Å²) < 4.78 is 10.4. The van der Waals surface area contributed by atoms with Gasteiger partial charge in [0.25, 0.3) is 0 Å². The third-order valence-corrected chi connectivity index (χ3v) is 4.21. The Balaban J connectivity index is 0.00000162. The molecular formula is C12H16ClO4S. The smallest absolute Gasteiger partial charge is 0.320 e. The molecule has 18 heavy (non-hydrogen) atoms. The van der Waals surface area contributed by atoms with Gasteiger partial charge < -0.3 is 14.6 Å². The molecule has 0 aliphatic carbocycles. The van der Waals surface area contributed by atoms with Crippen LogP contribution < -0.4 is 9.47 Å². The van der Waals surface area contributed by atoms with E-state index in [-0.39, 0.29) is 12.4 Å². The number of hydrogen-bond donors (Lipinski definition) is 2. The van der Waals surface area contributed by atoms with E-state index in [0.717, 1.165) is 35.1 Å². The van der Waals surface area contributed by atoms with E-state index in [2.05, 4.69) is 0 Å². The summed E-state index contributed by atoms with van der Waals surface area (Å²) in [5, 5.41) is 8.75. The van der Waals surface area contributed by atoms with Gasteiger partial charge >= 0.3 is 5.97 Å². The van der Waals surface area contributed by atoms with Gasteiger partial charge in [0, 0.05) is 0 Å². The lowest BCUT2D eigenvalue weighted by molar-refractivity contribution is -0.136. The first-order valence-corrected chi connectivity index (χ1v) is 6.46. The molecule has 1 atom stereocenters. The van der Waals surface area contributed by atoms with Gasteiger partial charge in [-0.2, -0.15) is 0 Å². The van der Waals surface area contributed by atoms with Gasteiger partial charge in [0.1, 0.15) is 5.25 Å². The van der Waals surface area contributed by atoms with Crippen molar-refractivity contribution in [3.8, 4) is 11.5 Å². The van der Waals surface area contributed by atoms with Crippen molar-refractivity contribution in [2.24, 2.45) is 0 Å². The van der Waals surface area contributed by atoms with Crippen molar-refractivity contribution in [2.45, 2.75) is 11.7 Å². The molecule has 0 fully saturated rings. The molecule has 1 aliphatic rings. The average Bonchev–Trinajstić information content (AvgIpc) is 2.35. The van der Waals surface area contributed by atoms with E-state index >= 15 is 0 Å². The SMILES string of the molecule is COc1cc2c(cc1OC)C(C(=O)O)[SH]CC2.Cl. The van der Waals surface area contributed by atoms with Crippen molar-refractivity contribution >= 4 is 30.1 Å². The van der Waals surface area contributed by atoms with Gasteiger partial charge in [-0.05, 0) is 35.4 Å². The maximum absolute atomic E-state index is 11.2. The van der Waals surface area contributed by atoms with E-state index < -0.39 is 11.2 Å². The molecular weight excluding hydrogens is 276 g/mol. The molecule has 0 bridgehead atoms. The Morgan fingerprint density at radius 2 is 1.94 bits per heavy atom. The van der Waals surface area contributed by atoms with E-state index in [1.165, 1.54) is 0 Å². The standard InChI is InChI=1S/C12H15O4S.ClH/c1-15-9-5-7-3-4-17-11(12(13)14)8(7)6-10(9)16-2;/h5-6,11,17H,3-4H2,1-2H3,(H,13,14);1H. The maximum Gasteiger partial charge on any atom is 0.320 e. The largest absolute Gasteiger partial charge is 0.493 e. The lowest BCUT2D eigenvalue weighted by atomic mass is 10.0. The van der Waals surface area contributed by atoms with E-state index in [9.17, 15) is 9.90 Å². The summed E-state index contributed by atoms with van der Waals surface area (Å²) in [7, 11) is 3.14. The second-order valence-corrected chi connectivity index (χ2v) is 5.13.